The Bertz CT molecular complexity index is 654. The number of nitrogens with zero attached hydrogens (tertiary/aromatic N) is 1. The fourth-order valence-corrected chi connectivity index (χ4v) is 4.56. The zero-order chi connectivity index (χ0) is 15.8. The molecule has 0 aromatic heterocycles. The van der Waals surface area contributed by atoms with Gasteiger partial charge in [-0.05, 0) is 42.9 Å². The van der Waals surface area contributed by atoms with Crippen LogP contribution in [-0.2, 0) is 10.0 Å². The van der Waals surface area contributed by atoms with Crippen LogP contribution in [0.3, 0.4) is 0 Å². The molecule has 116 valence electrons. The van der Waals surface area contributed by atoms with Crippen LogP contribution in [0.1, 0.15) is 31.4 Å². The molecule has 0 aliphatic carbocycles. The topological polar surface area (TPSA) is 63.4 Å². The Morgan fingerprint density at radius 3 is 2.57 bits per heavy atom. The summed E-state index contributed by atoms with van der Waals surface area (Å²) in [4.78, 5) is 0.613. The van der Waals surface area contributed by atoms with Crippen LogP contribution in [0, 0.1) is 18.8 Å². The van der Waals surface area contributed by atoms with E-state index in [1.807, 2.05) is 6.92 Å². The Labute approximate surface area is 132 Å². The predicted octanol–water partition coefficient (Wildman–Crippen LogP) is 2.30. The standard InChI is InChI=1S/C15H22N2O2S2/c1-10(2)12-6-7-17(9-12)21(18,19)13-4-5-14(15(16)20)11(3)8-13/h4-5,8,10,12H,6-7,9H2,1-3H3,(H2,16,20). The van der Waals surface area contributed by atoms with E-state index in [2.05, 4.69) is 13.8 Å². The minimum Gasteiger partial charge on any atom is -0.389 e. The van der Waals surface area contributed by atoms with Crippen molar-refractivity contribution in [3.05, 3.63) is 29.3 Å². The summed E-state index contributed by atoms with van der Waals surface area (Å²) >= 11 is 4.96. The van der Waals surface area contributed by atoms with Crippen molar-refractivity contribution in [2.24, 2.45) is 17.6 Å². The van der Waals surface area contributed by atoms with Crippen LogP contribution >= 0.6 is 12.2 Å². The van der Waals surface area contributed by atoms with Crippen molar-refractivity contribution < 1.29 is 8.42 Å². The molecule has 0 saturated carbocycles. The van der Waals surface area contributed by atoms with Gasteiger partial charge in [0.1, 0.15) is 4.99 Å². The van der Waals surface area contributed by atoms with Gasteiger partial charge in [-0.3, -0.25) is 0 Å². The van der Waals surface area contributed by atoms with E-state index in [4.69, 9.17) is 18.0 Å². The summed E-state index contributed by atoms with van der Waals surface area (Å²) in [6.07, 6.45) is 0.931. The number of sulfonamides is 1. The molecule has 1 aromatic carbocycles. The Morgan fingerprint density at radius 2 is 2.10 bits per heavy atom. The van der Waals surface area contributed by atoms with Crippen LogP contribution in [0.4, 0.5) is 0 Å². The molecule has 1 unspecified atom stereocenters. The molecule has 4 nitrogen and oxygen atoms in total. The maximum absolute atomic E-state index is 12.7. The summed E-state index contributed by atoms with van der Waals surface area (Å²) in [5, 5.41) is 0. The molecule has 1 fully saturated rings. The van der Waals surface area contributed by atoms with Gasteiger partial charge in [0.05, 0.1) is 4.90 Å². The molecular weight excluding hydrogens is 304 g/mol. The highest BCUT2D eigenvalue weighted by Gasteiger charge is 2.33. The molecule has 2 rings (SSSR count). The van der Waals surface area contributed by atoms with Crippen LogP contribution in [-0.4, -0.2) is 30.8 Å². The van der Waals surface area contributed by atoms with Gasteiger partial charge in [-0.25, -0.2) is 8.42 Å². The fourth-order valence-electron chi connectivity index (χ4n) is 2.74. The van der Waals surface area contributed by atoms with Gasteiger partial charge in [-0.15, -0.1) is 0 Å². The minimum atomic E-state index is -3.42. The normalized spacial score (nSPS) is 20.1. The minimum absolute atomic E-state index is 0.289. The molecule has 0 bridgehead atoms. The van der Waals surface area contributed by atoms with Gasteiger partial charge in [0, 0.05) is 18.7 Å². The van der Waals surface area contributed by atoms with Crippen molar-refractivity contribution in [2.75, 3.05) is 13.1 Å². The third kappa shape index (κ3) is 3.27. The highest BCUT2D eigenvalue weighted by atomic mass is 32.2. The van der Waals surface area contributed by atoms with E-state index in [1.165, 1.54) is 0 Å². The molecule has 0 radical (unpaired) electrons. The molecule has 6 heteroatoms. The van der Waals surface area contributed by atoms with Crippen LogP contribution in [0.15, 0.2) is 23.1 Å². The molecular formula is C15H22N2O2S2. The molecule has 1 aliphatic rings. The maximum Gasteiger partial charge on any atom is 0.243 e. The van der Waals surface area contributed by atoms with Crippen molar-refractivity contribution in [2.45, 2.75) is 32.1 Å². The third-order valence-corrected chi connectivity index (χ3v) is 6.31. The third-order valence-electron chi connectivity index (χ3n) is 4.23. The highest BCUT2D eigenvalue weighted by Crippen LogP contribution is 2.29. The first kappa shape index (κ1) is 16.4. The smallest absolute Gasteiger partial charge is 0.243 e. The van der Waals surface area contributed by atoms with Crippen LogP contribution in [0.5, 0.6) is 0 Å². The molecule has 1 heterocycles. The summed E-state index contributed by atoms with van der Waals surface area (Å²) in [5.41, 5.74) is 7.14. The number of rotatable bonds is 4. The van der Waals surface area contributed by atoms with E-state index in [0.717, 1.165) is 17.5 Å². The molecule has 21 heavy (non-hydrogen) atoms. The molecule has 2 N–H and O–H groups in total. The molecule has 1 atom stereocenters. The number of nitrogens with two attached hydrogens (primary N) is 1. The summed E-state index contributed by atoms with van der Waals surface area (Å²) < 4.78 is 27.0. The lowest BCUT2D eigenvalue weighted by molar-refractivity contribution is 0.388. The molecule has 1 aromatic rings. The van der Waals surface area contributed by atoms with E-state index in [1.54, 1.807) is 22.5 Å². The second-order valence-corrected chi connectivity index (χ2v) is 8.37. The lowest BCUT2D eigenvalue weighted by atomic mass is 9.96. The van der Waals surface area contributed by atoms with Gasteiger partial charge >= 0.3 is 0 Å². The molecule has 0 spiro atoms. The second-order valence-electron chi connectivity index (χ2n) is 6.00. The Morgan fingerprint density at radius 1 is 1.43 bits per heavy atom. The first-order chi connectivity index (χ1) is 9.73. The zero-order valence-corrected chi connectivity index (χ0v) is 14.3. The van der Waals surface area contributed by atoms with Gasteiger partial charge in [0.25, 0.3) is 0 Å². The van der Waals surface area contributed by atoms with Crippen molar-refractivity contribution >= 4 is 27.2 Å². The van der Waals surface area contributed by atoms with E-state index in [9.17, 15) is 8.42 Å². The van der Waals surface area contributed by atoms with Crippen molar-refractivity contribution in [3.63, 3.8) is 0 Å². The van der Waals surface area contributed by atoms with Gasteiger partial charge < -0.3 is 5.73 Å². The highest BCUT2D eigenvalue weighted by molar-refractivity contribution is 7.89. The van der Waals surface area contributed by atoms with Crippen LogP contribution < -0.4 is 5.73 Å². The SMILES string of the molecule is Cc1cc(S(=O)(=O)N2CCC(C(C)C)C2)ccc1C(N)=S. The second kappa shape index (κ2) is 6.02. The molecule has 0 amide bonds. The van der Waals surface area contributed by atoms with Gasteiger partial charge in [-0.1, -0.05) is 32.1 Å². The van der Waals surface area contributed by atoms with Crippen LogP contribution in [0.25, 0.3) is 0 Å². The number of thiocarbonyl (C=S) groups is 1. The lowest BCUT2D eigenvalue weighted by Crippen LogP contribution is -2.29. The average Bonchev–Trinajstić information content (AvgIpc) is 2.88. The molecule has 1 saturated heterocycles. The van der Waals surface area contributed by atoms with Gasteiger partial charge in [0.2, 0.25) is 10.0 Å². The Hall–Kier alpha value is -0.980. The number of benzene rings is 1. The van der Waals surface area contributed by atoms with E-state index >= 15 is 0 Å². The summed E-state index contributed by atoms with van der Waals surface area (Å²) in [7, 11) is -3.42. The summed E-state index contributed by atoms with van der Waals surface area (Å²) in [6, 6.07) is 4.95. The zero-order valence-electron chi connectivity index (χ0n) is 12.7. The predicted molar refractivity (Wildman–Crippen MR) is 88.8 cm³/mol. The Balaban J connectivity index is 2.29. The molecule has 1 aliphatic heterocycles. The van der Waals surface area contributed by atoms with E-state index in [-0.39, 0.29) is 4.99 Å². The Kier molecular flexibility index (Phi) is 4.70. The quantitative estimate of drug-likeness (QED) is 0.862. The maximum atomic E-state index is 12.7. The van der Waals surface area contributed by atoms with Gasteiger partial charge in [0.15, 0.2) is 0 Å². The van der Waals surface area contributed by atoms with E-state index < -0.39 is 10.0 Å². The first-order valence-electron chi connectivity index (χ1n) is 7.14. The monoisotopic (exact) mass is 326 g/mol. The first-order valence-corrected chi connectivity index (χ1v) is 8.99. The summed E-state index contributed by atoms with van der Waals surface area (Å²) in [6.45, 7) is 7.32. The number of hydrogen-bond donors (Lipinski definition) is 1. The average molecular weight is 326 g/mol. The lowest BCUT2D eigenvalue weighted by Gasteiger charge is -2.18. The fraction of sp³-hybridized carbons (Fsp3) is 0.533. The number of aryl methyl sites for hydroxylation is 1. The van der Waals surface area contributed by atoms with Crippen molar-refractivity contribution in [1.82, 2.24) is 4.31 Å². The van der Waals surface area contributed by atoms with Gasteiger partial charge in [-0.2, -0.15) is 4.31 Å². The van der Waals surface area contributed by atoms with Crippen molar-refractivity contribution in [1.29, 1.82) is 0 Å². The largest absolute Gasteiger partial charge is 0.389 e. The van der Waals surface area contributed by atoms with Crippen molar-refractivity contribution in [3.8, 4) is 0 Å². The number of hydrogen-bond acceptors (Lipinski definition) is 3. The van der Waals surface area contributed by atoms with Crippen LogP contribution in [0.2, 0.25) is 0 Å². The summed E-state index contributed by atoms with van der Waals surface area (Å²) in [5.74, 6) is 0.945. The van der Waals surface area contributed by atoms with E-state index in [0.29, 0.717) is 29.8 Å².